The Labute approximate surface area is 132 Å². The molecule has 0 aliphatic rings. The Bertz CT molecular complexity index is 471. The number of nitrogens with two attached hydrogens (primary N) is 1. The van der Waals surface area contributed by atoms with Crippen molar-refractivity contribution >= 4 is 28.8 Å². The summed E-state index contributed by atoms with van der Waals surface area (Å²) >= 11 is 4.80. The highest BCUT2D eigenvalue weighted by Gasteiger charge is 2.18. The van der Waals surface area contributed by atoms with E-state index < -0.39 is 0 Å². The lowest BCUT2D eigenvalue weighted by molar-refractivity contribution is -0.120. The normalized spacial score (nSPS) is 10.4. The maximum absolute atomic E-state index is 12.4. The first-order valence-electron chi connectivity index (χ1n) is 7.39. The van der Waals surface area contributed by atoms with Crippen molar-refractivity contribution in [2.75, 3.05) is 11.9 Å². The molecule has 0 heterocycles. The number of benzene rings is 1. The Balaban J connectivity index is 2.76. The Morgan fingerprint density at radius 2 is 1.90 bits per heavy atom. The van der Waals surface area contributed by atoms with Crippen LogP contribution in [0, 0.1) is 5.92 Å². The van der Waals surface area contributed by atoms with Gasteiger partial charge >= 0.3 is 0 Å². The first-order valence-corrected chi connectivity index (χ1v) is 7.80. The largest absolute Gasteiger partial charge is 0.484 e. The van der Waals surface area contributed by atoms with Crippen molar-refractivity contribution in [3.8, 4) is 5.75 Å². The number of para-hydroxylation sites is 2. The molecule has 0 unspecified atom stereocenters. The van der Waals surface area contributed by atoms with Crippen LogP contribution in [0.5, 0.6) is 5.75 Å². The summed E-state index contributed by atoms with van der Waals surface area (Å²) < 4.78 is 5.52. The van der Waals surface area contributed by atoms with Gasteiger partial charge in [-0.15, -0.1) is 0 Å². The van der Waals surface area contributed by atoms with E-state index in [9.17, 15) is 4.79 Å². The van der Waals surface area contributed by atoms with Crippen LogP contribution in [-0.2, 0) is 4.79 Å². The number of hydrogen-bond acceptors (Lipinski definition) is 3. The van der Waals surface area contributed by atoms with E-state index in [4.69, 9.17) is 22.7 Å². The summed E-state index contributed by atoms with van der Waals surface area (Å²) in [5.74, 6) is 0.680. The number of rotatable bonds is 9. The van der Waals surface area contributed by atoms with Crippen LogP contribution >= 0.6 is 12.2 Å². The maximum Gasteiger partial charge on any atom is 0.227 e. The number of thiocarbonyl (C=S) groups is 1. The van der Waals surface area contributed by atoms with Crippen LogP contribution < -0.4 is 15.8 Å². The lowest BCUT2D eigenvalue weighted by Crippen LogP contribution is -2.23. The lowest BCUT2D eigenvalue weighted by Gasteiger charge is -2.17. The molecule has 0 bridgehead atoms. The van der Waals surface area contributed by atoms with Crippen molar-refractivity contribution in [3.63, 3.8) is 0 Å². The van der Waals surface area contributed by atoms with Gasteiger partial charge in [-0.05, 0) is 25.0 Å². The lowest BCUT2D eigenvalue weighted by atomic mass is 9.97. The first-order chi connectivity index (χ1) is 10.1. The van der Waals surface area contributed by atoms with Crippen LogP contribution in [0.2, 0.25) is 0 Å². The molecule has 116 valence electrons. The molecule has 4 nitrogen and oxygen atoms in total. The van der Waals surface area contributed by atoms with E-state index in [1.54, 1.807) is 6.07 Å². The van der Waals surface area contributed by atoms with Gasteiger partial charge in [-0.1, -0.05) is 51.0 Å². The second-order valence-corrected chi connectivity index (χ2v) is 5.54. The SMILES string of the molecule is CCCC(CCC)C(=O)Nc1ccccc1OCC(N)=S. The second kappa shape index (κ2) is 9.34. The predicted octanol–water partition coefficient (Wildman–Crippen LogP) is 3.51. The molecule has 1 aromatic rings. The summed E-state index contributed by atoms with van der Waals surface area (Å²) in [6.07, 6.45) is 3.79. The Morgan fingerprint density at radius 3 is 2.48 bits per heavy atom. The number of amides is 1. The zero-order valence-corrected chi connectivity index (χ0v) is 13.5. The van der Waals surface area contributed by atoms with Gasteiger partial charge in [0.15, 0.2) is 0 Å². The van der Waals surface area contributed by atoms with Crippen molar-refractivity contribution in [3.05, 3.63) is 24.3 Å². The quantitative estimate of drug-likeness (QED) is 0.685. The molecule has 21 heavy (non-hydrogen) atoms. The Kier molecular flexibility index (Phi) is 7.75. The number of ether oxygens (including phenoxy) is 1. The van der Waals surface area contributed by atoms with Crippen molar-refractivity contribution in [2.24, 2.45) is 11.7 Å². The maximum atomic E-state index is 12.4. The van der Waals surface area contributed by atoms with E-state index in [1.807, 2.05) is 18.2 Å². The molecule has 0 aromatic heterocycles. The zero-order valence-electron chi connectivity index (χ0n) is 12.7. The highest BCUT2D eigenvalue weighted by Crippen LogP contribution is 2.25. The highest BCUT2D eigenvalue weighted by molar-refractivity contribution is 7.80. The van der Waals surface area contributed by atoms with Crippen molar-refractivity contribution in [1.82, 2.24) is 0 Å². The van der Waals surface area contributed by atoms with Crippen LogP contribution in [0.1, 0.15) is 39.5 Å². The molecule has 0 radical (unpaired) electrons. The van der Waals surface area contributed by atoms with E-state index in [-0.39, 0.29) is 23.4 Å². The molecule has 5 heteroatoms. The summed E-state index contributed by atoms with van der Waals surface area (Å²) in [6, 6.07) is 7.32. The van der Waals surface area contributed by atoms with Gasteiger partial charge in [0.25, 0.3) is 0 Å². The summed E-state index contributed by atoms with van der Waals surface area (Å²) in [4.78, 5) is 12.6. The van der Waals surface area contributed by atoms with Crippen LogP contribution in [0.25, 0.3) is 0 Å². The molecular formula is C16H24N2O2S. The molecular weight excluding hydrogens is 284 g/mol. The third kappa shape index (κ3) is 6.12. The van der Waals surface area contributed by atoms with Gasteiger partial charge in [0.1, 0.15) is 17.3 Å². The van der Waals surface area contributed by atoms with E-state index in [0.29, 0.717) is 11.4 Å². The molecule has 1 aromatic carbocycles. The standard InChI is InChI=1S/C16H24N2O2S/c1-3-7-12(8-4-2)16(19)18-13-9-5-6-10-14(13)20-11-15(17)21/h5-6,9-10,12H,3-4,7-8,11H2,1-2H3,(H2,17,21)(H,18,19). The summed E-state index contributed by atoms with van der Waals surface area (Å²) in [7, 11) is 0. The predicted molar refractivity (Wildman–Crippen MR) is 90.7 cm³/mol. The third-order valence-electron chi connectivity index (χ3n) is 3.16. The van der Waals surface area contributed by atoms with Gasteiger partial charge in [0.2, 0.25) is 5.91 Å². The molecule has 0 aliphatic carbocycles. The summed E-state index contributed by atoms with van der Waals surface area (Å²) in [5.41, 5.74) is 6.10. The third-order valence-corrected chi connectivity index (χ3v) is 3.28. The molecule has 0 spiro atoms. The van der Waals surface area contributed by atoms with Gasteiger partial charge in [0.05, 0.1) is 5.69 Å². The highest BCUT2D eigenvalue weighted by atomic mass is 32.1. The number of carbonyl (C=O) groups is 1. The average molecular weight is 308 g/mol. The minimum absolute atomic E-state index is 0.0450. The second-order valence-electron chi connectivity index (χ2n) is 5.01. The number of nitrogens with one attached hydrogen (secondary N) is 1. The molecule has 0 aliphatic heterocycles. The van der Waals surface area contributed by atoms with E-state index in [0.717, 1.165) is 25.7 Å². The monoisotopic (exact) mass is 308 g/mol. The minimum atomic E-state index is 0.0450. The molecule has 1 amide bonds. The molecule has 0 atom stereocenters. The topological polar surface area (TPSA) is 64.3 Å². The van der Waals surface area contributed by atoms with Gasteiger partial charge < -0.3 is 15.8 Å². The van der Waals surface area contributed by atoms with Gasteiger partial charge in [-0.3, -0.25) is 4.79 Å². The minimum Gasteiger partial charge on any atom is -0.484 e. The van der Waals surface area contributed by atoms with Crippen LogP contribution in [0.3, 0.4) is 0 Å². The number of anilines is 1. The van der Waals surface area contributed by atoms with Crippen LogP contribution in [-0.4, -0.2) is 17.5 Å². The molecule has 0 fully saturated rings. The Hall–Kier alpha value is -1.62. The van der Waals surface area contributed by atoms with Crippen molar-refractivity contribution < 1.29 is 9.53 Å². The zero-order chi connectivity index (χ0) is 15.7. The number of carbonyl (C=O) groups excluding carboxylic acids is 1. The number of hydrogen-bond donors (Lipinski definition) is 2. The summed E-state index contributed by atoms with van der Waals surface area (Å²) in [6.45, 7) is 4.35. The van der Waals surface area contributed by atoms with E-state index in [2.05, 4.69) is 19.2 Å². The van der Waals surface area contributed by atoms with Gasteiger partial charge in [-0.25, -0.2) is 0 Å². The van der Waals surface area contributed by atoms with Crippen molar-refractivity contribution in [2.45, 2.75) is 39.5 Å². The molecule has 1 rings (SSSR count). The van der Waals surface area contributed by atoms with Crippen LogP contribution in [0.4, 0.5) is 5.69 Å². The van der Waals surface area contributed by atoms with Gasteiger partial charge in [0, 0.05) is 5.92 Å². The van der Waals surface area contributed by atoms with E-state index in [1.165, 1.54) is 0 Å². The van der Waals surface area contributed by atoms with Gasteiger partial charge in [-0.2, -0.15) is 0 Å². The average Bonchev–Trinajstić information content (AvgIpc) is 2.46. The fraction of sp³-hybridized carbons (Fsp3) is 0.500. The smallest absolute Gasteiger partial charge is 0.227 e. The molecule has 0 saturated heterocycles. The summed E-state index contributed by atoms with van der Waals surface area (Å²) in [5, 5.41) is 2.96. The first kappa shape index (κ1) is 17.4. The van der Waals surface area contributed by atoms with E-state index >= 15 is 0 Å². The fourth-order valence-corrected chi connectivity index (χ4v) is 2.24. The fourth-order valence-electron chi connectivity index (χ4n) is 2.18. The van der Waals surface area contributed by atoms with Crippen LogP contribution in [0.15, 0.2) is 24.3 Å². The molecule has 3 N–H and O–H groups in total. The molecule has 0 saturated carbocycles. The Morgan fingerprint density at radius 1 is 1.29 bits per heavy atom. The van der Waals surface area contributed by atoms with Crippen molar-refractivity contribution in [1.29, 1.82) is 0 Å².